The Morgan fingerprint density at radius 2 is 1.94 bits per heavy atom. The molecule has 0 unspecified atom stereocenters. The van der Waals surface area contributed by atoms with Crippen LogP contribution in [0.5, 0.6) is 5.75 Å². The second kappa shape index (κ2) is 4.99. The van der Waals surface area contributed by atoms with Gasteiger partial charge in [0.25, 0.3) is 0 Å². The van der Waals surface area contributed by atoms with E-state index in [9.17, 15) is 9.90 Å². The first kappa shape index (κ1) is 12.5. The molecule has 0 spiro atoms. The standard InChI is InChI=1S/C12H16O4/c1-3-16-11(14)12(2,15)8-9-4-6-10(13)7-5-9/h4-7,13,15H,3,8H2,1-2H3/t12-/m0/s1. The predicted octanol–water partition coefficient (Wildman–Crippen LogP) is 1.25. The van der Waals surface area contributed by atoms with Crippen LogP contribution in [-0.2, 0) is 16.0 Å². The van der Waals surface area contributed by atoms with Gasteiger partial charge in [-0.3, -0.25) is 0 Å². The molecule has 4 nitrogen and oxygen atoms in total. The van der Waals surface area contributed by atoms with E-state index in [-0.39, 0.29) is 18.8 Å². The minimum atomic E-state index is -1.53. The van der Waals surface area contributed by atoms with Crippen LogP contribution in [0.25, 0.3) is 0 Å². The third-order valence-corrected chi connectivity index (χ3v) is 2.20. The Morgan fingerprint density at radius 3 is 2.44 bits per heavy atom. The van der Waals surface area contributed by atoms with Crippen molar-refractivity contribution in [2.45, 2.75) is 25.9 Å². The van der Waals surface area contributed by atoms with Gasteiger partial charge >= 0.3 is 5.97 Å². The van der Waals surface area contributed by atoms with Crippen molar-refractivity contribution >= 4 is 5.97 Å². The van der Waals surface area contributed by atoms with E-state index >= 15 is 0 Å². The van der Waals surface area contributed by atoms with Crippen LogP contribution in [0.2, 0.25) is 0 Å². The highest BCUT2D eigenvalue weighted by molar-refractivity contribution is 5.79. The maximum absolute atomic E-state index is 11.4. The van der Waals surface area contributed by atoms with Gasteiger partial charge in [0.1, 0.15) is 5.75 Å². The number of rotatable bonds is 4. The lowest BCUT2D eigenvalue weighted by Crippen LogP contribution is -2.39. The van der Waals surface area contributed by atoms with Crippen LogP contribution < -0.4 is 0 Å². The van der Waals surface area contributed by atoms with E-state index in [1.807, 2.05) is 0 Å². The number of hydrogen-bond donors (Lipinski definition) is 2. The molecule has 16 heavy (non-hydrogen) atoms. The second-order valence-corrected chi connectivity index (χ2v) is 3.84. The summed E-state index contributed by atoms with van der Waals surface area (Å²) < 4.78 is 4.76. The summed E-state index contributed by atoms with van der Waals surface area (Å²) in [5.74, 6) is -0.484. The zero-order valence-electron chi connectivity index (χ0n) is 9.43. The molecule has 2 N–H and O–H groups in total. The molecule has 0 saturated heterocycles. The second-order valence-electron chi connectivity index (χ2n) is 3.84. The number of phenols is 1. The summed E-state index contributed by atoms with van der Waals surface area (Å²) in [4.78, 5) is 11.4. The van der Waals surface area contributed by atoms with Crippen molar-refractivity contribution in [1.82, 2.24) is 0 Å². The molecule has 88 valence electrons. The van der Waals surface area contributed by atoms with Crippen LogP contribution in [-0.4, -0.2) is 28.4 Å². The highest BCUT2D eigenvalue weighted by Crippen LogP contribution is 2.17. The van der Waals surface area contributed by atoms with Gasteiger partial charge in [-0.05, 0) is 31.5 Å². The smallest absolute Gasteiger partial charge is 0.338 e. The highest BCUT2D eigenvalue weighted by atomic mass is 16.5. The van der Waals surface area contributed by atoms with Gasteiger partial charge in [0.05, 0.1) is 6.61 Å². The number of ether oxygens (including phenoxy) is 1. The summed E-state index contributed by atoms with van der Waals surface area (Å²) in [5, 5.41) is 19.0. The van der Waals surface area contributed by atoms with E-state index in [1.54, 1.807) is 19.1 Å². The average Bonchev–Trinajstić information content (AvgIpc) is 2.21. The first-order chi connectivity index (χ1) is 7.45. The number of hydrogen-bond acceptors (Lipinski definition) is 4. The lowest BCUT2D eigenvalue weighted by Gasteiger charge is -2.20. The first-order valence-corrected chi connectivity index (χ1v) is 5.13. The molecular weight excluding hydrogens is 208 g/mol. The van der Waals surface area contributed by atoms with E-state index in [4.69, 9.17) is 9.84 Å². The van der Waals surface area contributed by atoms with Crippen molar-refractivity contribution in [2.24, 2.45) is 0 Å². The Morgan fingerprint density at radius 1 is 1.38 bits per heavy atom. The van der Waals surface area contributed by atoms with Crippen molar-refractivity contribution in [3.05, 3.63) is 29.8 Å². The minimum Gasteiger partial charge on any atom is -0.508 e. The first-order valence-electron chi connectivity index (χ1n) is 5.13. The van der Waals surface area contributed by atoms with Gasteiger partial charge in [-0.25, -0.2) is 4.79 Å². The fourth-order valence-electron chi connectivity index (χ4n) is 1.37. The average molecular weight is 224 g/mol. The Labute approximate surface area is 94.5 Å². The van der Waals surface area contributed by atoms with Crippen LogP contribution in [0, 0.1) is 0 Å². The molecule has 0 radical (unpaired) electrons. The predicted molar refractivity (Wildman–Crippen MR) is 59.1 cm³/mol. The molecule has 0 aliphatic heterocycles. The molecule has 1 aromatic rings. The van der Waals surface area contributed by atoms with Crippen LogP contribution in [0.3, 0.4) is 0 Å². The van der Waals surface area contributed by atoms with Crippen LogP contribution in [0.4, 0.5) is 0 Å². The molecule has 0 aliphatic carbocycles. The van der Waals surface area contributed by atoms with Gasteiger partial charge in [0, 0.05) is 6.42 Å². The van der Waals surface area contributed by atoms with E-state index in [0.29, 0.717) is 0 Å². The van der Waals surface area contributed by atoms with Gasteiger partial charge in [-0.15, -0.1) is 0 Å². The van der Waals surface area contributed by atoms with E-state index in [1.165, 1.54) is 19.1 Å². The number of aliphatic hydroxyl groups is 1. The minimum absolute atomic E-state index is 0.152. The maximum Gasteiger partial charge on any atom is 0.338 e. The molecule has 0 fully saturated rings. The van der Waals surface area contributed by atoms with Gasteiger partial charge in [-0.2, -0.15) is 0 Å². The number of carbonyl (C=O) groups is 1. The van der Waals surface area contributed by atoms with Crippen molar-refractivity contribution in [3.8, 4) is 5.75 Å². The highest BCUT2D eigenvalue weighted by Gasteiger charge is 2.31. The van der Waals surface area contributed by atoms with E-state index in [2.05, 4.69) is 0 Å². The Kier molecular flexibility index (Phi) is 3.90. The Hall–Kier alpha value is -1.55. The monoisotopic (exact) mass is 224 g/mol. The van der Waals surface area contributed by atoms with Crippen LogP contribution in [0.15, 0.2) is 24.3 Å². The van der Waals surface area contributed by atoms with E-state index < -0.39 is 11.6 Å². The summed E-state index contributed by atoms with van der Waals surface area (Å²) in [6.45, 7) is 3.34. The molecule has 0 bridgehead atoms. The number of esters is 1. The lowest BCUT2D eigenvalue weighted by molar-refractivity contribution is -0.162. The third kappa shape index (κ3) is 3.24. The number of carbonyl (C=O) groups excluding carboxylic acids is 1. The molecular formula is C12H16O4. The summed E-state index contributed by atoms with van der Waals surface area (Å²) in [7, 11) is 0. The summed E-state index contributed by atoms with van der Waals surface area (Å²) >= 11 is 0. The lowest BCUT2D eigenvalue weighted by atomic mass is 9.97. The Bertz CT molecular complexity index is 354. The van der Waals surface area contributed by atoms with Crippen molar-refractivity contribution in [3.63, 3.8) is 0 Å². The van der Waals surface area contributed by atoms with Crippen molar-refractivity contribution in [2.75, 3.05) is 6.61 Å². The third-order valence-electron chi connectivity index (χ3n) is 2.20. The molecule has 0 aliphatic rings. The maximum atomic E-state index is 11.4. The SMILES string of the molecule is CCOC(=O)[C@@](C)(O)Cc1ccc(O)cc1. The Balaban J connectivity index is 2.72. The molecule has 0 amide bonds. The fraction of sp³-hybridized carbons (Fsp3) is 0.417. The van der Waals surface area contributed by atoms with Crippen LogP contribution >= 0.6 is 0 Å². The van der Waals surface area contributed by atoms with Crippen molar-refractivity contribution in [1.29, 1.82) is 0 Å². The number of aromatic hydroxyl groups is 1. The van der Waals surface area contributed by atoms with Crippen LogP contribution in [0.1, 0.15) is 19.4 Å². The topological polar surface area (TPSA) is 66.8 Å². The molecule has 1 aromatic carbocycles. The normalized spacial score (nSPS) is 14.2. The van der Waals surface area contributed by atoms with Gasteiger partial charge in [0.2, 0.25) is 0 Å². The van der Waals surface area contributed by atoms with Gasteiger partial charge < -0.3 is 14.9 Å². The number of benzene rings is 1. The fourth-order valence-corrected chi connectivity index (χ4v) is 1.37. The zero-order valence-corrected chi connectivity index (χ0v) is 9.43. The summed E-state index contributed by atoms with van der Waals surface area (Å²) in [6.07, 6.45) is 0.159. The van der Waals surface area contributed by atoms with E-state index in [0.717, 1.165) is 5.56 Å². The molecule has 0 aromatic heterocycles. The van der Waals surface area contributed by atoms with Gasteiger partial charge in [0.15, 0.2) is 5.60 Å². The molecule has 1 rings (SSSR count). The van der Waals surface area contributed by atoms with Crippen molar-refractivity contribution < 1.29 is 19.7 Å². The quantitative estimate of drug-likeness (QED) is 0.755. The number of phenolic OH excluding ortho intramolecular Hbond substituents is 1. The summed E-state index contributed by atoms with van der Waals surface area (Å²) in [5.41, 5.74) is -0.775. The molecule has 4 heteroatoms. The molecule has 0 saturated carbocycles. The molecule has 1 atom stereocenters. The molecule has 0 heterocycles. The van der Waals surface area contributed by atoms with Gasteiger partial charge in [-0.1, -0.05) is 12.1 Å². The largest absolute Gasteiger partial charge is 0.508 e. The summed E-state index contributed by atoms with van der Waals surface area (Å²) in [6, 6.07) is 6.33. The zero-order chi connectivity index (χ0) is 12.2.